The predicted molar refractivity (Wildman–Crippen MR) is 84.3 cm³/mol. The zero-order chi connectivity index (χ0) is 18.1. The molecule has 0 aliphatic carbocycles. The lowest BCUT2D eigenvalue weighted by molar-refractivity contribution is -0.137. The summed E-state index contributed by atoms with van der Waals surface area (Å²) < 4.78 is 39.4. The van der Waals surface area contributed by atoms with E-state index >= 15 is 0 Å². The molecule has 1 aromatic carbocycles. The number of benzene rings is 1. The molecule has 1 heterocycles. The second-order valence-corrected chi connectivity index (χ2v) is 5.89. The van der Waals surface area contributed by atoms with Crippen molar-refractivity contribution in [1.29, 1.82) is 0 Å². The SMILES string of the molecule is Cc1nn(C)c(C)c1CC(=O)N(C)Cc1ccc(C(F)(F)F)cc1. The summed E-state index contributed by atoms with van der Waals surface area (Å²) in [5, 5.41) is 4.28. The third-order valence-electron chi connectivity index (χ3n) is 4.11. The van der Waals surface area contributed by atoms with E-state index in [1.807, 2.05) is 20.9 Å². The van der Waals surface area contributed by atoms with E-state index in [4.69, 9.17) is 0 Å². The maximum atomic E-state index is 12.6. The fraction of sp³-hybridized carbons (Fsp3) is 0.412. The molecule has 130 valence electrons. The molecule has 7 heteroatoms. The molecule has 0 atom stereocenters. The highest BCUT2D eigenvalue weighted by Gasteiger charge is 2.30. The quantitative estimate of drug-likeness (QED) is 0.858. The number of nitrogens with zero attached hydrogens (tertiary/aromatic N) is 3. The van der Waals surface area contributed by atoms with Crippen LogP contribution in [0.25, 0.3) is 0 Å². The standard InChI is InChI=1S/C17H20F3N3O/c1-11-15(12(2)23(4)21-11)9-16(24)22(3)10-13-5-7-14(8-6-13)17(18,19)20/h5-8H,9-10H2,1-4H3. The van der Waals surface area contributed by atoms with Crippen molar-refractivity contribution in [2.24, 2.45) is 7.05 Å². The van der Waals surface area contributed by atoms with Gasteiger partial charge in [0.15, 0.2) is 0 Å². The van der Waals surface area contributed by atoms with Gasteiger partial charge in [-0.1, -0.05) is 12.1 Å². The monoisotopic (exact) mass is 339 g/mol. The topological polar surface area (TPSA) is 38.1 Å². The van der Waals surface area contributed by atoms with Crippen LogP contribution in [0.5, 0.6) is 0 Å². The fourth-order valence-electron chi connectivity index (χ4n) is 2.52. The summed E-state index contributed by atoms with van der Waals surface area (Å²) in [7, 11) is 3.46. The van der Waals surface area contributed by atoms with E-state index in [2.05, 4.69) is 5.10 Å². The molecule has 0 spiro atoms. The van der Waals surface area contributed by atoms with Crippen LogP contribution in [0.1, 0.15) is 28.1 Å². The van der Waals surface area contributed by atoms with Crippen LogP contribution in [0, 0.1) is 13.8 Å². The van der Waals surface area contributed by atoms with Crippen molar-refractivity contribution in [3.63, 3.8) is 0 Å². The van der Waals surface area contributed by atoms with E-state index in [1.54, 1.807) is 11.7 Å². The lowest BCUT2D eigenvalue weighted by Gasteiger charge is -2.18. The molecule has 0 unspecified atom stereocenters. The summed E-state index contributed by atoms with van der Waals surface area (Å²) in [5.74, 6) is -0.103. The molecule has 2 aromatic rings. The van der Waals surface area contributed by atoms with Crippen molar-refractivity contribution in [3.8, 4) is 0 Å². The summed E-state index contributed by atoms with van der Waals surface area (Å²) >= 11 is 0. The van der Waals surface area contributed by atoms with Gasteiger partial charge in [0.2, 0.25) is 5.91 Å². The van der Waals surface area contributed by atoms with Crippen LogP contribution in [0.4, 0.5) is 13.2 Å². The van der Waals surface area contributed by atoms with Crippen molar-refractivity contribution < 1.29 is 18.0 Å². The molecule has 0 saturated heterocycles. The van der Waals surface area contributed by atoms with Crippen molar-refractivity contribution >= 4 is 5.91 Å². The van der Waals surface area contributed by atoms with E-state index in [1.165, 1.54) is 17.0 Å². The molecule has 24 heavy (non-hydrogen) atoms. The Morgan fingerprint density at radius 3 is 2.25 bits per heavy atom. The van der Waals surface area contributed by atoms with E-state index in [-0.39, 0.29) is 18.9 Å². The number of aromatic nitrogens is 2. The normalized spacial score (nSPS) is 11.6. The van der Waals surface area contributed by atoms with Crippen LogP contribution in [0.15, 0.2) is 24.3 Å². The summed E-state index contributed by atoms with van der Waals surface area (Å²) in [4.78, 5) is 13.9. The number of alkyl halides is 3. The highest BCUT2D eigenvalue weighted by Crippen LogP contribution is 2.29. The lowest BCUT2D eigenvalue weighted by Crippen LogP contribution is -2.28. The minimum absolute atomic E-state index is 0.103. The Bertz CT molecular complexity index is 733. The van der Waals surface area contributed by atoms with E-state index < -0.39 is 11.7 Å². The Morgan fingerprint density at radius 1 is 1.21 bits per heavy atom. The number of carbonyl (C=O) groups is 1. The summed E-state index contributed by atoms with van der Waals surface area (Å²) in [6.45, 7) is 4.01. The first kappa shape index (κ1) is 18.0. The van der Waals surface area contributed by atoms with Crippen molar-refractivity contribution in [2.45, 2.75) is 33.0 Å². The second kappa shape index (κ2) is 6.67. The fourth-order valence-corrected chi connectivity index (χ4v) is 2.52. The van der Waals surface area contributed by atoms with Gasteiger partial charge in [-0.3, -0.25) is 9.48 Å². The first-order valence-electron chi connectivity index (χ1n) is 7.48. The molecular weight excluding hydrogens is 319 g/mol. The van der Waals surface area contributed by atoms with Crippen LogP contribution in [0.3, 0.4) is 0 Å². The van der Waals surface area contributed by atoms with Gasteiger partial charge >= 0.3 is 6.18 Å². The first-order chi connectivity index (χ1) is 11.1. The van der Waals surface area contributed by atoms with Gasteiger partial charge in [0.25, 0.3) is 0 Å². The second-order valence-electron chi connectivity index (χ2n) is 5.89. The smallest absolute Gasteiger partial charge is 0.341 e. The van der Waals surface area contributed by atoms with Crippen molar-refractivity contribution in [2.75, 3.05) is 7.05 Å². The lowest BCUT2D eigenvalue weighted by atomic mass is 10.1. The highest BCUT2D eigenvalue weighted by atomic mass is 19.4. The maximum Gasteiger partial charge on any atom is 0.416 e. The summed E-state index contributed by atoms with van der Waals surface area (Å²) in [6, 6.07) is 4.85. The van der Waals surface area contributed by atoms with Gasteiger partial charge in [-0.05, 0) is 31.5 Å². The number of halogens is 3. The molecule has 4 nitrogen and oxygen atoms in total. The molecule has 0 aliphatic heterocycles. The molecule has 0 radical (unpaired) electrons. The van der Waals surface area contributed by atoms with Crippen LogP contribution in [-0.2, 0) is 31.0 Å². The molecule has 2 rings (SSSR count). The van der Waals surface area contributed by atoms with Gasteiger partial charge in [0.1, 0.15) is 0 Å². The maximum absolute atomic E-state index is 12.6. The Labute approximate surface area is 138 Å². The molecule has 1 amide bonds. The Hall–Kier alpha value is -2.31. The third kappa shape index (κ3) is 3.96. The van der Waals surface area contributed by atoms with Crippen LogP contribution in [-0.4, -0.2) is 27.6 Å². The first-order valence-corrected chi connectivity index (χ1v) is 7.48. The summed E-state index contributed by atoms with van der Waals surface area (Å²) in [6.07, 6.45) is -4.13. The number of amides is 1. The molecule has 0 N–H and O–H groups in total. The van der Waals surface area contributed by atoms with Crippen LogP contribution >= 0.6 is 0 Å². The van der Waals surface area contributed by atoms with Gasteiger partial charge in [-0.15, -0.1) is 0 Å². The number of hydrogen-bond donors (Lipinski definition) is 0. The average molecular weight is 339 g/mol. The van der Waals surface area contributed by atoms with Crippen molar-refractivity contribution in [3.05, 3.63) is 52.3 Å². The number of likely N-dealkylation sites (N-methyl/N-ethyl adjacent to an activating group) is 1. The van der Waals surface area contributed by atoms with Gasteiger partial charge in [-0.2, -0.15) is 18.3 Å². The minimum atomic E-state index is -4.35. The number of rotatable bonds is 4. The van der Waals surface area contributed by atoms with E-state index in [0.717, 1.165) is 29.1 Å². The molecule has 0 fully saturated rings. The average Bonchev–Trinajstić information content (AvgIpc) is 2.73. The van der Waals surface area contributed by atoms with Gasteiger partial charge in [0.05, 0.1) is 17.7 Å². The Morgan fingerprint density at radius 2 is 1.79 bits per heavy atom. The zero-order valence-corrected chi connectivity index (χ0v) is 14.1. The van der Waals surface area contributed by atoms with Crippen LogP contribution in [0.2, 0.25) is 0 Å². The van der Waals surface area contributed by atoms with E-state index in [0.29, 0.717) is 5.56 Å². The largest absolute Gasteiger partial charge is 0.416 e. The Kier molecular flexibility index (Phi) is 5.01. The molecule has 0 bridgehead atoms. The molecule has 0 aliphatic rings. The van der Waals surface area contributed by atoms with Crippen molar-refractivity contribution in [1.82, 2.24) is 14.7 Å². The van der Waals surface area contributed by atoms with Crippen LogP contribution < -0.4 is 0 Å². The molecule has 0 saturated carbocycles. The molecule has 1 aromatic heterocycles. The van der Waals surface area contributed by atoms with E-state index in [9.17, 15) is 18.0 Å². The zero-order valence-electron chi connectivity index (χ0n) is 14.1. The minimum Gasteiger partial charge on any atom is -0.341 e. The number of aryl methyl sites for hydroxylation is 2. The predicted octanol–water partition coefficient (Wildman–Crippen LogP) is 3.26. The highest BCUT2D eigenvalue weighted by molar-refractivity contribution is 5.79. The summed E-state index contributed by atoms with van der Waals surface area (Å²) in [5.41, 5.74) is 2.59. The van der Waals surface area contributed by atoms with Gasteiger partial charge in [-0.25, -0.2) is 0 Å². The molecular formula is C17H20F3N3O. The third-order valence-corrected chi connectivity index (χ3v) is 4.11. The number of hydrogen-bond acceptors (Lipinski definition) is 2. The van der Waals surface area contributed by atoms with Gasteiger partial charge in [0, 0.05) is 31.9 Å². The number of carbonyl (C=O) groups excluding carboxylic acids is 1. The Balaban J connectivity index is 2.04. The van der Waals surface area contributed by atoms with Gasteiger partial charge < -0.3 is 4.90 Å².